The summed E-state index contributed by atoms with van der Waals surface area (Å²) in [6.07, 6.45) is 18.1. The molecule has 1 unspecified atom stereocenters. The number of ether oxygens (including phenoxy) is 5. The molecule has 37 nitrogen and oxygen atoms in total. The Labute approximate surface area is 777 Å². The van der Waals surface area contributed by atoms with E-state index in [1.165, 1.54) is 24.2 Å². The Morgan fingerprint density at radius 2 is 1.34 bits per heavy atom. The van der Waals surface area contributed by atoms with Crippen LogP contribution in [0.25, 0.3) is 33.4 Å². The van der Waals surface area contributed by atoms with Crippen molar-refractivity contribution in [1.29, 1.82) is 0 Å². The summed E-state index contributed by atoms with van der Waals surface area (Å²) in [4.78, 5) is 168. The predicted molar refractivity (Wildman–Crippen MR) is 496 cm³/mol. The Hall–Kier alpha value is -12.4. The number of anilines is 5. The average molecular weight is 1840 g/mol. The van der Waals surface area contributed by atoms with Crippen molar-refractivity contribution in [2.75, 3.05) is 112 Å². The van der Waals surface area contributed by atoms with Gasteiger partial charge in [0.15, 0.2) is 17.0 Å². The molecule has 134 heavy (non-hydrogen) atoms. The summed E-state index contributed by atoms with van der Waals surface area (Å²) in [6.45, 7) is 16.8. The number of fused-ring (bicyclic) bond motifs is 7. The number of ketones is 3. The van der Waals surface area contributed by atoms with Gasteiger partial charge in [-0.3, -0.25) is 28.8 Å². The van der Waals surface area contributed by atoms with Crippen LogP contribution in [0.5, 0.6) is 0 Å². The van der Waals surface area contributed by atoms with Crippen molar-refractivity contribution >= 4 is 98.9 Å². The summed E-state index contributed by atoms with van der Waals surface area (Å²) in [5.74, 6) is -3.89. The maximum absolute atomic E-state index is 14.8. The topological polar surface area (TPSA) is 471 Å². The number of piperidine rings is 1. The van der Waals surface area contributed by atoms with E-state index < -0.39 is 102 Å². The van der Waals surface area contributed by atoms with Gasteiger partial charge < -0.3 is 89.8 Å². The Kier molecular flexibility index (Phi) is 29.7. The van der Waals surface area contributed by atoms with Crippen molar-refractivity contribution in [3.63, 3.8) is 0 Å². The minimum Gasteiger partial charge on any atom is -0.459 e. The van der Waals surface area contributed by atoms with E-state index in [0.717, 1.165) is 39.1 Å². The van der Waals surface area contributed by atoms with Crippen LogP contribution in [0.1, 0.15) is 167 Å². The van der Waals surface area contributed by atoms with E-state index in [9.17, 15) is 48.6 Å². The molecule has 4 amide bonds. The van der Waals surface area contributed by atoms with Crippen molar-refractivity contribution < 1.29 is 76.7 Å². The van der Waals surface area contributed by atoms with Gasteiger partial charge in [-0.15, -0.1) is 0 Å². The van der Waals surface area contributed by atoms with Crippen molar-refractivity contribution in [3.8, 4) is 11.3 Å². The molecule has 1 saturated carbocycles. The minimum atomic E-state index is -1.77. The van der Waals surface area contributed by atoms with Crippen LogP contribution in [0.4, 0.5) is 34.5 Å². The summed E-state index contributed by atoms with van der Waals surface area (Å²) in [6, 6.07) is 9.73. The number of piperazine rings is 2. The summed E-state index contributed by atoms with van der Waals surface area (Å²) in [7, 11) is 3.17. The number of oxazole rings is 1. The highest BCUT2D eigenvalue weighted by Crippen LogP contribution is 2.39. The maximum atomic E-state index is 14.8. The first-order chi connectivity index (χ1) is 64.6. The van der Waals surface area contributed by atoms with Gasteiger partial charge in [0, 0.05) is 172 Å². The van der Waals surface area contributed by atoms with Crippen molar-refractivity contribution in [2.45, 2.75) is 212 Å². The third-order valence-corrected chi connectivity index (χ3v) is 27.8. The number of carbonyl (C=O) groups excluding carboxylic acids is 8. The molecule has 1 aliphatic carbocycles. The van der Waals surface area contributed by atoms with Crippen LogP contribution in [-0.2, 0) is 80.1 Å². The molecule has 0 radical (unpaired) electrons. The number of carbonyl (C=O) groups is 8. The van der Waals surface area contributed by atoms with Gasteiger partial charge in [0.25, 0.3) is 23.7 Å². The number of nitrogen functional groups attached to an aromatic ring is 2. The fraction of sp³-hybridized carbons (Fsp3) is 0.526. The molecular formula is C97H121N21O16. The average Bonchev–Trinajstić information content (AvgIpc) is 1.61. The predicted octanol–water partition coefficient (Wildman–Crippen LogP) is 8.12. The van der Waals surface area contributed by atoms with Gasteiger partial charge in [0.05, 0.1) is 53.6 Å². The summed E-state index contributed by atoms with van der Waals surface area (Å²) in [5.41, 5.74) is 29.2. The Balaban J connectivity index is 0.483. The van der Waals surface area contributed by atoms with Crippen LogP contribution in [0.2, 0.25) is 0 Å². The smallest absolute Gasteiger partial charge is 0.410 e. The Morgan fingerprint density at radius 1 is 0.642 bits per heavy atom. The number of methoxy groups -OCH3 is 2. The standard InChI is InChI=1S/C97H121N21O16/c1-55-14-10-9-11-15-56(2)77(129-7)44-69-22-17-57(3)86(131-69)85(123)91(126)117-27-13-12-16-73(117)92(127)132-78(45-74(119)58(4)39-60(6)83(121)84(122)82(120)59(5)38-55)70(98)41-61-19-23-76(79(42-61)130-8)134-97(128)116-29-26-71-68(53-116)50-105-96(109-71)114-36-34-113(35-37-114)95-101-46-66(47-102-95)89(124)111-30-32-112(33-31-111)94-103-48-67(49-104-94)90(125)115-28-25-63-40-62(18-20-65(63)52-115)51-118-88-80(87(99)106-54-107-88)81(110-118)64-21-24-75-72(43-64)108-93(100)133-75/h9-11,14-15,18,20-21,24,39-40,43,46-50,54-55,57-59,61,69-70,73,76-79,83-84,86,121-122H,12-13,16-17,19,22-23,25-38,41-42,44-45,51-53,98H2,1-8H3,(H2,100,108)(H2,99,106,107)/b11-9+,14-10+,56-15+,60-39+/t55-,57-,58-,59-,61+,69+,70-,73+,76-,77+,78+,79-,83-,84+,86?/m1/s1. The zero-order chi connectivity index (χ0) is 94.3. The van der Waals surface area contributed by atoms with Gasteiger partial charge in [-0.2, -0.15) is 10.1 Å². The molecule has 8 N–H and O–H groups in total. The summed E-state index contributed by atoms with van der Waals surface area (Å²) in [5, 5.41) is 28.2. The highest BCUT2D eigenvalue weighted by molar-refractivity contribution is 6.38. The highest BCUT2D eigenvalue weighted by atomic mass is 16.6. The number of benzene rings is 2. The third kappa shape index (κ3) is 21.5. The number of esters is 1. The number of hydrogen-bond acceptors (Lipinski definition) is 32. The van der Waals surface area contributed by atoms with E-state index in [0.29, 0.717) is 212 Å². The van der Waals surface area contributed by atoms with E-state index in [1.54, 1.807) is 74.9 Å². The van der Waals surface area contributed by atoms with Gasteiger partial charge in [0.1, 0.15) is 65.7 Å². The van der Waals surface area contributed by atoms with E-state index >= 15 is 0 Å². The van der Waals surface area contributed by atoms with Gasteiger partial charge in [-0.25, -0.2) is 54.1 Å². The molecule has 16 rings (SSSR count). The van der Waals surface area contributed by atoms with Crippen LogP contribution in [0.3, 0.4) is 0 Å². The molecule has 710 valence electrons. The number of rotatable bonds is 14. The van der Waals surface area contributed by atoms with Gasteiger partial charge in [0.2, 0.25) is 23.6 Å². The molecule has 5 fully saturated rings. The van der Waals surface area contributed by atoms with E-state index in [-0.39, 0.29) is 79.6 Å². The molecule has 6 aromatic heterocycles. The van der Waals surface area contributed by atoms with Crippen molar-refractivity contribution in [3.05, 3.63) is 160 Å². The first-order valence-electron chi connectivity index (χ1n) is 46.8. The third-order valence-electron chi connectivity index (χ3n) is 27.8. The van der Waals surface area contributed by atoms with Gasteiger partial charge in [-0.1, -0.05) is 82.4 Å². The zero-order valence-corrected chi connectivity index (χ0v) is 77.2. The number of nitrogens with two attached hydrogens (primary N) is 3. The normalized spacial score (nSPS) is 27.5. The first kappa shape index (κ1) is 94.8. The maximum Gasteiger partial charge on any atom is 0.410 e. The summed E-state index contributed by atoms with van der Waals surface area (Å²) >= 11 is 0. The second-order valence-electron chi connectivity index (χ2n) is 37.2. The lowest BCUT2D eigenvalue weighted by Crippen LogP contribution is -2.55. The fourth-order valence-corrected chi connectivity index (χ4v) is 19.8. The van der Waals surface area contributed by atoms with E-state index in [2.05, 4.69) is 56.8 Å². The molecule has 0 spiro atoms. The molecule has 4 saturated heterocycles. The van der Waals surface area contributed by atoms with E-state index in [4.69, 9.17) is 60.4 Å². The second kappa shape index (κ2) is 42.0. The molecular weight excluding hydrogens is 1720 g/mol. The van der Waals surface area contributed by atoms with Crippen LogP contribution in [0.15, 0.2) is 126 Å². The van der Waals surface area contributed by atoms with Crippen LogP contribution >= 0.6 is 0 Å². The summed E-state index contributed by atoms with van der Waals surface area (Å²) < 4.78 is 38.3. The Bertz CT molecular complexity index is 5770. The van der Waals surface area contributed by atoms with Gasteiger partial charge >= 0.3 is 12.1 Å². The van der Waals surface area contributed by atoms with Crippen LogP contribution in [0, 0.1) is 29.6 Å². The molecule has 2 aromatic carbocycles. The van der Waals surface area contributed by atoms with Gasteiger partial charge in [-0.05, 0) is 148 Å². The SMILES string of the molecule is CO[C@H]1C[C@@H]2CC[C@@H](C)C(O2)C(=O)C(=O)N2CCCC[C@H]2C(=O)O[C@H]([C@H](N)C[C@@H]2CC[C@@H](OC(=O)N3CCc4nc(N5CCN(c6ncc(C(=O)N7CCN(c8ncc(C(=O)N9CCc%10cc(Cn%11nc(-c%12ccc%13oc(N)nc%13c%12)c%12c(N)ncnc%12%11)ccc%10C9)cn8)CC7)cn6)CC5)ncc4C3)[C@H](OC)C2)CC(=O)[C@H](C)/C=C(\C)[C@@H](O)[C@@H](O)C(=O)[C@H](C)C[C@H](C)/C=C/C=C/C=C/1C. The van der Waals surface area contributed by atoms with Crippen molar-refractivity contribution in [1.82, 2.24) is 74.2 Å². The number of hydrogen-bond donors (Lipinski definition) is 5. The number of Topliss-reactive ketones (excluding diaryl/α,β-unsaturated/α-hetero) is 3. The number of cyclic esters (lactones) is 1. The van der Waals surface area contributed by atoms with Crippen LogP contribution < -0.4 is 31.9 Å². The second-order valence-corrected chi connectivity index (χ2v) is 37.2. The minimum absolute atomic E-state index is 0.0652. The molecule has 37 heteroatoms. The lowest BCUT2D eigenvalue weighted by molar-refractivity contribution is -0.169. The number of nitrogens with zero attached hydrogens (tertiary/aromatic N) is 18. The quantitative estimate of drug-likeness (QED) is 0.0389. The lowest BCUT2D eigenvalue weighted by Gasteiger charge is -2.39. The monoisotopic (exact) mass is 1840 g/mol. The fourth-order valence-electron chi connectivity index (χ4n) is 19.8. The molecule has 7 aliphatic heterocycles. The molecule has 8 aliphatic rings. The zero-order valence-electron chi connectivity index (χ0n) is 77.2. The first-order valence-corrected chi connectivity index (χ1v) is 46.8. The lowest BCUT2D eigenvalue weighted by atomic mass is 9.80. The molecule has 8 aromatic rings. The highest BCUT2D eigenvalue weighted by Gasteiger charge is 2.46. The Morgan fingerprint density at radius 3 is 2.06 bits per heavy atom. The number of aliphatic hydroxyl groups excluding tert-OH is 2. The molecule has 15 atom stereocenters. The number of allylic oxidation sites excluding steroid dienone is 6. The van der Waals surface area contributed by atoms with Crippen molar-refractivity contribution in [2.24, 2.45) is 35.3 Å². The molecule has 2 bridgehead atoms. The number of amides is 4. The van der Waals surface area contributed by atoms with E-state index in [1.807, 2.05) is 83.8 Å². The number of aromatic nitrogens is 11. The number of aliphatic hydroxyl groups is 2. The largest absolute Gasteiger partial charge is 0.459 e. The molecule has 13 heterocycles. The van der Waals surface area contributed by atoms with Crippen LogP contribution in [-0.4, -0.2) is 279 Å².